The summed E-state index contributed by atoms with van der Waals surface area (Å²) >= 11 is 0. The molecule has 0 aromatic heterocycles. The van der Waals surface area contributed by atoms with Gasteiger partial charge >= 0.3 is 5.97 Å². The van der Waals surface area contributed by atoms with Gasteiger partial charge in [-0.2, -0.15) is 0 Å². The summed E-state index contributed by atoms with van der Waals surface area (Å²) in [6.45, 7) is 0.156. The van der Waals surface area contributed by atoms with Gasteiger partial charge in [0, 0.05) is 19.0 Å². The summed E-state index contributed by atoms with van der Waals surface area (Å²) in [7, 11) is 0. The molecule has 208 valence electrons. The number of rotatable bonds is 5. The molecule has 1 aliphatic carbocycles. The second-order valence-corrected chi connectivity index (χ2v) is 10.4. The van der Waals surface area contributed by atoms with Crippen molar-refractivity contribution >= 4 is 23.5 Å². The number of amides is 2. The number of benzene rings is 2. The Hall–Kier alpha value is -3.47. The van der Waals surface area contributed by atoms with Gasteiger partial charge in [-0.25, -0.2) is 20.5 Å². The quantitative estimate of drug-likeness (QED) is 0.339. The van der Waals surface area contributed by atoms with Gasteiger partial charge < -0.3 is 19.5 Å². The highest BCUT2D eigenvalue weighted by Crippen LogP contribution is 2.31. The average Bonchev–Trinajstić information content (AvgIpc) is 3.43. The zero-order chi connectivity index (χ0) is 27.4. The highest BCUT2D eigenvalue weighted by atomic mass is 16.6. The van der Waals surface area contributed by atoms with Crippen molar-refractivity contribution in [3.63, 3.8) is 0 Å². The van der Waals surface area contributed by atoms with Crippen LogP contribution >= 0.6 is 0 Å². The fourth-order valence-corrected chi connectivity index (χ4v) is 5.91. The van der Waals surface area contributed by atoms with E-state index in [1.165, 1.54) is 4.90 Å². The van der Waals surface area contributed by atoms with E-state index < -0.39 is 30.4 Å². The number of esters is 1. The molecule has 1 saturated heterocycles. The Balaban J connectivity index is 1.52. The minimum atomic E-state index is -1.56. The lowest BCUT2D eigenvalue weighted by molar-refractivity contribution is -0.177. The monoisotopic (exact) mass is 536 g/mol. The van der Waals surface area contributed by atoms with Gasteiger partial charge in [-0.15, -0.1) is 0 Å². The third-order valence-electron chi connectivity index (χ3n) is 7.90. The van der Waals surface area contributed by atoms with Crippen LogP contribution in [0, 0.1) is 0 Å². The molecule has 2 heterocycles. The number of hydrogen-bond donors (Lipinski definition) is 2. The summed E-state index contributed by atoms with van der Waals surface area (Å²) in [6.07, 6.45) is 3.41. The molecule has 2 aromatic rings. The predicted molar refractivity (Wildman–Crippen MR) is 143 cm³/mol. The Kier molecular flexibility index (Phi) is 8.44. The molecule has 0 bridgehead atoms. The first-order chi connectivity index (χ1) is 18.9. The second kappa shape index (κ2) is 12.1. The number of ether oxygens (including phenoxy) is 2. The molecule has 1 saturated carbocycles. The number of carbonyl (C=O) groups excluding carboxylic acids is 3. The zero-order valence-electron chi connectivity index (χ0n) is 22.0. The van der Waals surface area contributed by atoms with E-state index in [1.54, 1.807) is 41.3 Å². The van der Waals surface area contributed by atoms with Gasteiger partial charge in [0.1, 0.15) is 11.8 Å². The van der Waals surface area contributed by atoms with Crippen molar-refractivity contribution in [3.05, 3.63) is 60.2 Å². The number of nitrogens with two attached hydrogens (primary N) is 1. The fraction of sp³-hybridized carbons (Fsp3) is 0.483. The van der Waals surface area contributed by atoms with Crippen LogP contribution in [0.4, 0.5) is 5.69 Å². The van der Waals surface area contributed by atoms with E-state index >= 15 is 0 Å². The largest absolute Gasteiger partial charge is 0.484 e. The summed E-state index contributed by atoms with van der Waals surface area (Å²) in [4.78, 5) is 44.0. The first-order valence-corrected chi connectivity index (χ1v) is 13.7. The lowest BCUT2D eigenvalue weighted by atomic mass is 9.91. The average molecular weight is 537 g/mol. The molecule has 2 aliphatic heterocycles. The number of aliphatic hydroxyl groups excluding tert-OH is 1. The van der Waals surface area contributed by atoms with E-state index in [-0.39, 0.29) is 25.0 Å². The van der Waals surface area contributed by atoms with E-state index in [0.717, 1.165) is 37.1 Å². The van der Waals surface area contributed by atoms with Crippen molar-refractivity contribution < 1.29 is 29.0 Å². The molecule has 3 N–H and O–H groups in total. The molecule has 3 atom stereocenters. The summed E-state index contributed by atoms with van der Waals surface area (Å²) in [5.41, 5.74) is 0.968. The number of aliphatic hydroxyl groups is 1. The maximum Gasteiger partial charge on any atom is 0.330 e. The van der Waals surface area contributed by atoms with Crippen LogP contribution in [0.5, 0.6) is 5.75 Å². The highest BCUT2D eigenvalue weighted by molar-refractivity contribution is 5.96. The van der Waals surface area contributed by atoms with Gasteiger partial charge in [-0.05, 0) is 49.4 Å². The maximum absolute atomic E-state index is 13.9. The first kappa shape index (κ1) is 27.1. The molecule has 39 heavy (non-hydrogen) atoms. The van der Waals surface area contributed by atoms with Crippen LogP contribution in [0.15, 0.2) is 54.6 Å². The molecule has 10 nitrogen and oxygen atoms in total. The number of carbonyl (C=O) groups is 3. The Morgan fingerprint density at radius 2 is 1.72 bits per heavy atom. The van der Waals surface area contributed by atoms with Crippen LogP contribution < -0.4 is 15.6 Å². The standard InChI is InChI=1S/C29H36N4O6/c30-33-23-15-8-7-10-20(23)18-24(29(37)39-26-16-9-17-31(26)27(35)28(33)36)32(21-11-3-1-4-12-21)25(34)19-38-22-13-5-2-6-14-22/h2,5-8,10,13-15,21,24,26-27,35H,1,3-4,9,11-12,16-19,30H2. The van der Waals surface area contributed by atoms with E-state index in [4.69, 9.17) is 15.3 Å². The topological polar surface area (TPSA) is 126 Å². The molecule has 0 spiro atoms. The third kappa shape index (κ3) is 5.93. The van der Waals surface area contributed by atoms with Crippen molar-refractivity contribution in [2.24, 2.45) is 5.84 Å². The van der Waals surface area contributed by atoms with Crippen LogP contribution in [0.1, 0.15) is 50.5 Å². The predicted octanol–water partition coefficient (Wildman–Crippen LogP) is 2.34. The molecule has 0 radical (unpaired) electrons. The Labute approximate surface area is 228 Å². The summed E-state index contributed by atoms with van der Waals surface area (Å²) in [6, 6.07) is 15.0. The number of para-hydroxylation sites is 2. The SMILES string of the molecule is NN1C(=O)C(O)N2CCCC2OC(=O)C(N(C(=O)COc2ccccc2)C2CCCCC2)Cc2ccccc21. The number of nitrogens with zero attached hydrogens (tertiary/aromatic N) is 3. The second-order valence-electron chi connectivity index (χ2n) is 10.4. The maximum atomic E-state index is 13.9. The lowest BCUT2D eigenvalue weighted by Crippen LogP contribution is -2.56. The van der Waals surface area contributed by atoms with Gasteiger partial charge in [0.2, 0.25) is 0 Å². The Morgan fingerprint density at radius 3 is 2.49 bits per heavy atom. The summed E-state index contributed by atoms with van der Waals surface area (Å²) in [5, 5.41) is 11.8. The van der Waals surface area contributed by atoms with Gasteiger partial charge in [-0.1, -0.05) is 55.7 Å². The van der Waals surface area contributed by atoms with Crippen molar-refractivity contribution in [2.45, 2.75) is 75.9 Å². The molecular formula is C29H36N4O6. The molecule has 10 heteroatoms. The van der Waals surface area contributed by atoms with Crippen LogP contribution in [0.25, 0.3) is 0 Å². The summed E-state index contributed by atoms with van der Waals surface area (Å²) in [5.74, 6) is 5.24. The first-order valence-electron chi connectivity index (χ1n) is 13.7. The normalized spacial score (nSPS) is 24.8. The van der Waals surface area contributed by atoms with Gasteiger partial charge in [0.05, 0.1) is 5.69 Å². The van der Waals surface area contributed by atoms with Crippen molar-refractivity contribution in [1.82, 2.24) is 9.80 Å². The molecule has 3 aliphatic rings. The summed E-state index contributed by atoms with van der Waals surface area (Å²) < 4.78 is 11.8. The van der Waals surface area contributed by atoms with Gasteiger partial charge in [0.25, 0.3) is 11.8 Å². The smallest absolute Gasteiger partial charge is 0.330 e. The van der Waals surface area contributed by atoms with Crippen LogP contribution in [-0.4, -0.2) is 70.4 Å². The number of hydrogen-bond acceptors (Lipinski definition) is 8. The number of anilines is 1. The number of hydrazine groups is 1. The molecule has 2 fully saturated rings. The molecule has 2 amide bonds. The van der Waals surface area contributed by atoms with E-state index in [0.29, 0.717) is 36.4 Å². The van der Waals surface area contributed by atoms with E-state index in [2.05, 4.69) is 0 Å². The third-order valence-corrected chi connectivity index (χ3v) is 7.90. The molecule has 2 aromatic carbocycles. The van der Waals surface area contributed by atoms with Crippen LogP contribution in [0.2, 0.25) is 0 Å². The van der Waals surface area contributed by atoms with Crippen molar-refractivity contribution in [3.8, 4) is 5.75 Å². The highest BCUT2D eigenvalue weighted by Gasteiger charge is 2.43. The van der Waals surface area contributed by atoms with E-state index in [1.807, 2.05) is 18.2 Å². The van der Waals surface area contributed by atoms with Crippen LogP contribution in [0.3, 0.4) is 0 Å². The van der Waals surface area contributed by atoms with Gasteiger partial charge in [-0.3, -0.25) is 9.59 Å². The molecule has 5 rings (SSSR count). The Bertz CT molecular complexity index is 1170. The molecule has 3 unspecified atom stereocenters. The number of fused-ring (bicyclic) bond motifs is 2. The van der Waals surface area contributed by atoms with Crippen LogP contribution in [-0.2, 0) is 25.5 Å². The molecular weight excluding hydrogens is 500 g/mol. The van der Waals surface area contributed by atoms with Crippen molar-refractivity contribution in [1.29, 1.82) is 0 Å². The van der Waals surface area contributed by atoms with E-state index in [9.17, 15) is 19.5 Å². The Morgan fingerprint density at radius 1 is 1.00 bits per heavy atom. The van der Waals surface area contributed by atoms with Crippen molar-refractivity contribution in [2.75, 3.05) is 18.2 Å². The fourth-order valence-electron chi connectivity index (χ4n) is 5.91. The minimum Gasteiger partial charge on any atom is -0.484 e. The van der Waals surface area contributed by atoms with Gasteiger partial charge in [0.15, 0.2) is 19.1 Å². The lowest BCUT2D eigenvalue weighted by Gasteiger charge is -2.39. The zero-order valence-corrected chi connectivity index (χ0v) is 22.0. The minimum absolute atomic E-state index is 0.104.